The lowest BCUT2D eigenvalue weighted by Crippen LogP contribution is -2.37. The number of methoxy groups -OCH3 is 1. The topological polar surface area (TPSA) is 76.7 Å². The summed E-state index contributed by atoms with van der Waals surface area (Å²) in [5.41, 5.74) is 0.241. The summed E-state index contributed by atoms with van der Waals surface area (Å²) >= 11 is 0. The first kappa shape index (κ1) is 17.7. The number of benzene rings is 2. The molecule has 8 heteroatoms. The number of hydrogen-bond acceptors (Lipinski definition) is 4. The fourth-order valence-corrected chi connectivity index (χ4v) is 2.65. The monoisotopic (exact) mass is 362 g/mol. The normalized spacial score (nSPS) is 15.0. The Morgan fingerprint density at radius 1 is 1.23 bits per heavy atom. The molecule has 1 heterocycles. The Bertz CT molecular complexity index is 832. The SMILES string of the molecule is COC(=O)c1cc(NC(=O)NCC2Cc3ccccc3O2)c(F)cc1F. The zero-order valence-electron chi connectivity index (χ0n) is 13.8. The average molecular weight is 362 g/mol. The Labute approximate surface area is 148 Å². The Kier molecular flexibility index (Phi) is 5.01. The van der Waals surface area contributed by atoms with Crippen molar-refractivity contribution in [3.63, 3.8) is 0 Å². The van der Waals surface area contributed by atoms with Gasteiger partial charge in [-0.3, -0.25) is 0 Å². The molecule has 1 atom stereocenters. The number of urea groups is 1. The molecule has 0 saturated carbocycles. The largest absolute Gasteiger partial charge is 0.488 e. The Morgan fingerprint density at radius 2 is 2.00 bits per heavy atom. The van der Waals surface area contributed by atoms with Crippen LogP contribution in [-0.4, -0.2) is 31.8 Å². The number of ether oxygens (including phenoxy) is 2. The molecule has 3 rings (SSSR count). The van der Waals surface area contributed by atoms with Crippen molar-refractivity contribution >= 4 is 17.7 Å². The van der Waals surface area contributed by atoms with Crippen molar-refractivity contribution in [2.75, 3.05) is 19.0 Å². The molecular formula is C18H16F2N2O4. The van der Waals surface area contributed by atoms with Gasteiger partial charge in [0.1, 0.15) is 23.5 Å². The minimum absolute atomic E-state index is 0.202. The molecule has 0 spiro atoms. The van der Waals surface area contributed by atoms with Crippen LogP contribution < -0.4 is 15.4 Å². The number of hydrogen-bond donors (Lipinski definition) is 2. The molecule has 2 N–H and O–H groups in total. The van der Waals surface area contributed by atoms with E-state index >= 15 is 0 Å². The molecule has 6 nitrogen and oxygen atoms in total. The van der Waals surface area contributed by atoms with Crippen LogP contribution in [0.2, 0.25) is 0 Å². The number of halogens is 2. The summed E-state index contributed by atoms with van der Waals surface area (Å²) in [5, 5.41) is 4.81. The fraction of sp³-hybridized carbons (Fsp3) is 0.222. The van der Waals surface area contributed by atoms with Gasteiger partial charge >= 0.3 is 12.0 Å². The lowest BCUT2D eigenvalue weighted by Gasteiger charge is -2.13. The quantitative estimate of drug-likeness (QED) is 0.820. The highest BCUT2D eigenvalue weighted by Crippen LogP contribution is 2.27. The predicted molar refractivity (Wildman–Crippen MR) is 89.3 cm³/mol. The number of rotatable bonds is 4. The van der Waals surface area contributed by atoms with E-state index in [0.717, 1.165) is 24.5 Å². The third-order valence-corrected chi connectivity index (χ3v) is 3.91. The molecule has 0 aromatic heterocycles. The molecule has 1 aliphatic heterocycles. The first-order valence-corrected chi connectivity index (χ1v) is 7.84. The predicted octanol–water partition coefficient (Wildman–Crippen LogP) is 2.88. The summed E-state index contributed by atoms with van der Waals surface area (Å²) in [6.45, 7) is 0.202. The van der Waals surface area contributed by atoms with E-state index in [-0.39, 0.29) is 18.3 Å². The van der Waals surface area contributed by atoms with E-state index in [4.69, 9.17) is 4.74 Å². The van der Waals surface area contributed by atoms with Gasteiger partial charge in [0.15, 0.2) is 0 Å². The van der Waals surface area contributed by atoms with Crippen LogP contribution in [0.3, 0.4) is 0 Å². The van der Waals surface area contributed by atoms with Crippen molar-refractivity contribution in [3.8, 4) is 5.75 Å². The summed E-state index contributed by atoms with van der Waals surface area (Å²) in [7, 11) is 1.07. The van der Waals surface area contributed by atoms with Crippen LogP contribution in [0.5, 0.6) is 5.75 Å². The number of anilines is 1. The van der Waals surface area contributed by atoms with Gasteiger partial charge in [0.25, 0.3) is 0 Å². The molecule has 0 bridgehead atoms. The van der Waals surface area contributed by atoms with E-state index in [1.165, 1.54) is 0 Å². The molecule has 0 saturated heterocycles. The number of carbonyl (C=O) groups excluding carboxylic acids is 2. The maximum Gasteiger partial charge on any atom is 0.340 e. The van der Waals surface area contributed by atoms with Gasteiger partial charge in [0.05, 0.1) is 24.9 Å². The van der Waals surface area contributed by atoms with E-state index in [1.54, 1.807) is 0 Å². The Morgan fingerprint density at radius 3 is 2.73 bits per heavy atom. The maximum absolute atomic E-state index is 13.8. The zero-order valence-corrected chi connectivity index (χ0v) is 13.8. The van der Waals surface area contributed by atoms with E-state index in [0.29, 0.717) is 12.5 Å². The first-order chi connectivity index (χ1) is 12.5. The third kappa shape index (κ3) is 3.74. The van der Waals surface area contributed by atoms with Crippen LogP contribution in [0.25, 0.3) is 0 Å². The lowest BCUT2D eigenvalue weighted by molar-refractivity contribution is 0.0595. The van der Waals surface area contributed by atoms with Crippen LogP contribution in [0, 0.1) is 11.6 Å². The number of carbonyl (C=O) groups is 2. The van der Waals surface area contributed by atoms with Gasteiger partial charge < -0.3 is 20.1 Å². The molecule has 0 fully saturated rings. The molecular weight excluding hydrogens is 346 g/mol. The molecule has 2 aromatic carbocycles. The van der Waals surface area contributed by atoms with Gasteiger partial charge in [-0.1, -0.05) is 18.2 Å². The third-order valence-electron chi connectivity index (χ3n) is 3.91. The highest BCUT2D eigenvalue weighted by Gasteiger charge is 2.23. The number of nitrogens with one attached hydrogen (secondary N) is 2. The van der Waals surface area contributed by atoms with Crippen LogP contribution in [0.1, 0.15) is 15.9 Å². The molecule has 2 aromatic rings. The van der Waals surface area contributed by atoms with Gasteiger partial charge in [-0.05, 0) is 17.7 Å². The smallest absolute Gasteiger partial charge is 0.340 e. The minimum Gasteiger partial charge on any atom is -0.488 e. The summed E-state index contributed by atoms with van der Waals surface area (Å²) in [5.74, 6) is -2.28. The molecule has 2 amide bonds. The van der Waals surface area contributed by atoms with Crippen LogP contribution in [-0.2, 0) is 11.2 Å². The second-order valence-electron chi connectivity index (χ2n) is 5.69. The molecule has 26 heavy (non-hydrogen) atoms. The standard InChI is InChI=1S/C18H16F2N2O4/c1-25-17(23)12-7-15(14(20)8-13(12)19)22-18(24)21-9-11-6-10-4-2-3-5-16(10)26-11/h2-5,7-8,11H,6,9H2,1H3,(H2,21,22,24). The molecule has 1 unspecified atom stereocenters. The van der Waals surface area contributed by atoms with Gasteiger partial charge in [-0.2, -0.15) is 0 Å². The summed E-state index contributed by atoms with van der Waals surface area (Å²) in [6, 6.07) is 8.25. The Hall–Kier alpha value is -3.16. The summed E-state index contributed by atoms with van der Waals surface area (Å²) in [4.78, 5) is 23.4. The van der Waals surface area contributed by atoms with Crippen molar-refractivity contribution in [1.82, 2.24) is 5.32 Å². The first-order valence-electron chi connectivity index (χ1n) is 7.84. The van der Waals surface area contributed by atoms with Crippen LogP contribution >= 0.6 is 0 Å². The van der Waals surface area contributed by atoms with Crippen LogP contribution in [0.4, 0.5) is 19.3 Å². The number of fused-ring (bicyclic) bond motifs is 1. The van der Waals surface area contributed by atoms with Gasteiger partial charge in [0, 0.05) is 12.5 Å². The van der Waals surface area contributed by atoms with E-state index in [1.807, 2.05) is 24.3 Å². The van der Waals surface area contributed by atoms with Gasteiger partial charge in [-0.25, -0.2) is 18.4 Å². The van der Waals surface area contributed by atoms with Crippen molar-refractivity contribution in [3.05, 3.63) is 59.2 Å². The molecule has 0 radical (unpaired) electrons. The highest BCUT2D eigenvalue weighted by atomic mass is 19.1. The molecule has 136 valence electrons. The maximum atomic E-state index is 13.8. The van der Waals surface area contributed by atoms with Crippen molar-refractivity contribution in [2.24, 2.45) is 0 Å². The second-order valence-corrected chi connectivity index (χ2v) is 5.69. The van der Waals surface area contributed by atoms with Crippen molar-refractivity contribution in [2.45, 2.75) is 12.5 Å². The lowest BCUT2D eigenvalue weighted by atomic mass is 10.1. The highest BCUT2D eigenvalue weighted by molar-refractivity contribution is 5.94. The van der Waals surface area contributed by atoms with Crippen molar-refractivity contribution in [1.29, 1.82) is 0 Å². The minimum atomic E-state index is -1.07. The number of amides is 2. The van der Waals surface area contributed by atoms with Crippen LogP contribution in [0.15, 0.2) is 36.4 Å². The summed E-state index contributed by atoms with van der Waals surface area (Å²) in [6.07, 6.45) is 0.412. The van der Waals surface area contributed by atoms with E-state index in [2.05, 4.69) is 15.4 Å². The van der Waals surface area contributed by atoms with E-state index < -0.39 is 29.2 Å². The Balaban J connectivity index is 1.59. The molecule has 1 aliphatic rings. The van der Waals surface area contributed by atoms with E-state index in [9.17, 15) is 18.4 Å². The van der Waals surface area contributed by atoms with Gasteiger partial charge in [-0.15, -0.1) is 0 Å². The number of esters is 1. The second kappa shape index (κ2) is 7.38. The average Bonchev–Trinajstić information content (AvgIpc) is 3.04. The number of para-hydroxylation sites is 1. The summed E-state index contributed by atoms with van der Waals surface area (Å²) < 4.78 is 37.5. The van der Waals surface area contributed by atoms with Gasteiger partial charge in [0.2, 0.25) is 0 Å². The van der Waals surface area contributed by atoms with Crippen molar-refractivity contribution < 1.29 is 27.8 Å². The fourth-order valence-electron chi connectivity index (χ4n) is 2.65. The molecule has 0 aliphatic carbocycles. The zero-order chi connectivity index (χ0) is 18.7.